The highest BCUT2D eigenvalue weighted by Crippen LogP contribution is 2.21. The summed E-state index contributed by atoms with van der Waals surface area (Å²) in [7, 11) is 0. The predicted molar refractivity (Wildman–Crippen MR) is 187 cm³/mol. The summed E-state index contributed by atoms with van der Waals surface area (Å²) < 4.78 is 0. The highest BCUT2D eigenvalue weighted by atomic mass is 16.4. The third kappa shape index (κ3) is 12.3. The van der Waals surface area contributed by atoms with Gasteiger partial charge in [-0.25, -0.2) is 0 Å². The van der Waals surface area contributed by atoms with Crippen LogP contribution in [0, 0.1) is 5.92 Å². The normalized spacial score (nSPS) is 16.6. The molecule has 1 aliphatic heterocycles. The van der Waals surface area contributed by atoms with E-state index >= 15 is 0 Å². The fraction of sp³-hybridized carbons (Fsp3) is 0.528. The molecular weight excluding hydrogens is 626 g/mol. The first kappa shape index (κ1) is 39.1. The summed E-state index contributed by atoms with van der Waals surface area (Å²) in [5.41, 5.74) is 18.2. The Morgan fingerprint density at radius 2 is 1.29 bits per heavy atom. The molecule has 0 aromatic heterocycles. The smallest absolute Gasteiger partial charge is 0.323 e. The van der Waals surface area contributed by atoms with E-state index in [9.17, 15) is 29.1 Å². The molecule has 1 unspecified atom stereocenters. The standard InChI is InChI=1S/C36H53N7O6/c1-24(2)21-29(32(45)40-28(15-9-10-18-37)34(47)43-19-16-36(39,17-20-43)35(48)49)42-33(46)30(23-26-13-7-4-8-14-26)41-31(44)27(38)22-25-11-5-3-6-12-25/h3-8,11-14,24,27-30H,9-10,15-23,37-39H2,1-2H3,(H,40,45)(H,41,44)(H,42,46)(H,48,49)/t27-,28-,29?,30-/m1/s1. The lowest BCUT2D eigenvalue weighted by molar-refractivity contribution is -0.148. The van der Waals surface area contributed by atoms with Crippen molar-refractivity contribution in [3.63, 3.8) is 0 Å². The van der Waals surface area contributed by atoms with Gasteiger partial charge in [-0.2, -0.15) is 0 Å². The summed E-state index contributed by atoms with van der Waals surface area (Å²) in [5, 5.41) is 18.0. The molecule has 1 saturated heterocycles. The Kier molecular flexibility index (Phi) is 15.2. The fourth-order valence-electron chi connectivity index (χ4n) is 5.86. The summed E-state index contributed by atoms with van der Waals surface area (Å²) >= 11 is 0. The van der Waals surface area contributed by atoms with Crippen LogP contribution in [0.2, 0.25) is 0 Å². The zero-order valence-corrected chi connectivity index (χ0v) is 28.6. The molecule has 0 saturated carbocycles. The van der Waals surface area contributed by atoms with Crippen molar-refractivity contribution < 1.29 is 29.1 Å². The quantitative estimate of drug-likeness (QED) is 0.111. The number of carboxylic acids is 1. The van der Waals surface area contributed by atoms with Gasteiger partial charge in [0, 0.05) is 19.5 Å². The fourth-order valence-corrected chi connectivity index (χ4v) is 5.86. The van der Waals surface area contributed by atoms with Crippen molar-refractivity contribution in [2.24, 2.45) is 23.1 Å². The number of unbranched alkanes of at least 4 members (excludes halogenated alkanes) is 1. The molecule has 2 aromatic rings. The van der Waals surface area contributed by atoms with Crippen molar-refractivity contribution in [1.29, 1.82) is 0 Å². The zero-order valence-electron chi connectivity index (χ0n) is 28.6. The van der Waals surface area contributed by atoms with E-state index in [0.29, 0.717) is 25.8 Å². The lowest BCUT2D eigenvalue weighted by Crippen LogP contribution is -2.60. The number of rotatable bonds is 18. The van der Waals surface area contributed by atoms with Gasteiger partial charge in [0.1, 0.15) is 23.7 Å². The number of carbonyl (C=O) groups excluding carboxylic acids is 4. The molecular formula is C36H53N7O6. The highest BCUT2D eigenvalue weighted by Gasteiger charge is 2.40. The monoisotopic (exact) mass is 679 g/mol. The van der Waals surface area contributed by atoms with Gasteiger partial charge in [0.05, 0.1) is 6.04 Å². The van der Waals surface area contributed by atoms with Crippen LogP contribution in [0.15, 0.2) is 60.7 Å². The number of hydrogen-bond acceptors (Lipinski definition) is 8. The molecule has 268 valence electrons. The minimum Gasteiger partial charge on any atom is -0.480 e. The molecule has 13 nitrogen and oxygen atoms in total. The molecule has 0 aliphatic carbocycles. The van der Waals surface area contributed by atoms with Gasteiger partial charge >= 0.3 is 5.97 Å². The topological polar surface area (TPSA) is 223 Å². The molecule has 1 fully saturated rings. The predicted octanol–water partition coefficient (Wildman–Crippen LogP) is 0.833. The highest BCUT2D eigenvalue weighted by molar-refractivity contribution is 5.95. The number of aliphatic carboxylic acids is 1. The Balaban J connectivity index is 1.77. The molecule has 0 spiro atoms. The SMILES string of the molecule is CC(C)CC(NC(=O)[C@@H](Cc1ccccc1)NC(=O)[C@H](N)Cc1ccccc1)C(=O)N[C@H](CCCCN)C(=O)N1CCC(N)(C(=O)O)CC1. The van der Waals surface area contributed by atoms with E-state index in [1.165, 1.54) is 4.90 Å². The van der Waals surface area contributed by atoms with Crippen LogP contribution in [0.1, 0.15) is 63.5 Å². The van der Waals surface area contributed by atoms with E-state index in [1.807, 2.05) is 74.5 Å². The van der Waals surface area contributed by atoms with E-state index in [1.54, 1.807) is 0 Å². The molecule has 13 heteroatoms. The number of benzene rings is 2. The maximum absolute atomic E-state index is 13.9. The Morgan fingerprint density at radius 3 is 1.82 bits per heavy atom. The third-order valence-corrected chi connectivity index (χ3v) is 8.85. The number of piperidine rings is 1. The van der Waals surface area contributed by atoms with Gasteiger partial charge in [-0.3, -0.25) is 24.0 Å². The molecule has 0 radical (unpaired) electrons. The number of amides is 4. The van der Waals surface area contributed by atoms with Crippen LogP contribution >= 0.6 is 0 Å². The Hall–Kier alpha value is -4.33. The number of hydrogen-bond donors (Lipinski definition) is 7. The van der Waals surface area contributed by atoms with E-state index in [4.69, 9.17) is 17.2 Å². The van der Waals surface area contributed by atoms with Gasteiger partial charge in [0.2, 0.25) is 23.6 Å². The lowest BCUT2D eigenvalue weighted by atomic mass is 9.88. The summed E-state index contributed by atoms with van der Waals surface area (Å²) in [6.45, 7) is 4.53. The van der Waals surface area contributed by atoms with Gasteiger partial charge in [-0.1, -0.05) is 74.5 Å². The largest absolute Gasteiger partial charge is 0.480 e. The molecule has 0 bridgehead atoms. The van der Waals surface area contributed by atoms with E-state index in [0.717, 1.165) is 11.1 Å². The number of nitrogens with zero attached hydrogens (tertiary/aromatic N) is 1. The lowest BCUT2D eigenvalue weighted by Gasteiger charge is -2.38. The average molecular weight is 680 g/mol. The molecule has 10 N–H and O–H groups in total. The Labute approximate surface area is 288 Å². The van der Waals surface area contributed by atoms with Crippen molar-refractivity contribution in [3.8, 4) is 0 Å². The van der Waals surface area contributed by atoms with Crippen molar-refractivity contribution in [2.45, 2.75) is 94.9 Å². The van der Waals surface area contributed by atoms with Crippen LogP contribution in [0.25, 0.3) is 0 Å². The van der Waals surface area contributed by atoms with Crippen LogP contribution in [-0.2, 0) is 36.8 Å². The van der Waals surface area contributed by atoms with Gasteiger partial charge in [0.15, 0.2) is 0 Å². The molecule has 2 aromatic carbocycles. The van der Waals surface area contributed by atoms with Crippen LogP contribution < -0.4 is 33.2 Å². The first-order valence-electron chi connectivity index (χ1n) is 17.1. The van der Waals surface area contributed by atoms with E-state index < -0.39 is 53.4 Å². The molecule has 49 heavy (non-hydrogen) atoms. The average Bonchev–Trinajstić information content (AvgIpc) is 3.07. The van der Waals surface area contributed by atoms with E-state index in [2.05, 4.69) is 16.0 Å². The zero-order chi connectivity index (χ0) is 36.0. The maximum atomic E-state index is 13.9. The number of likely N-dealkylation sites (tertiary alicyclic amines) is 1. The van der Waals surface area contributed by atoms with Gasteiger partial charge in [-0.15, -0.1) is 0 Å². The first-order valence-corrected chi connectivity index (χ1v) is 17.1. The van der Waals surface area contributed by atoms with Crippen LogP contribution in [-0.4, -0.2) is 88.9 Å². The van der Waals surface area contributed by atoms with Gasteiger partial charge < -0.3 is 43.2 Å². The second-order valence-electron chi connectivity index (χ2n) is 13.4. The number of carbonyl (C=O) groups is 5. The van der Waals surface area contributed by atoms with Gasteiger partial charge in [-0.05, 0) is 68.5 Å². The summed E-state index contributed by atoms with van der Waals surface area (Å²) in [6, 6.07) is 14.7. The summed E-state index contributed by atoms with van der Waals surface area (Å²) in [5.74, 6) is -3.04. The van der Waals surface area contributed by atoms with Crippen molar-refractivity contribution in [3.05, 3.63) is 71.8 Å². The second-order valence-corrected chi connectivity index (χ2v) is 13.4. The van der Waals surface area contributed by atoms with Crippen LogP contribution in [0.5, 0.6) is 0 Å². The number of nitrogens with one attached hydrogen (secondary N) is 3. The molecule has 1 aliphatic rings. The summed E-state index contributed by atoms with van der Waals surface area (Å²) in [6.07, 6.45) is 2.44. The molecule has 1 heterocycles. The Bertz CT molecular complexity index is 1380. The van der Waals surface area contributed by atoms with Crippen molar-refractivity contribution in [1.82, 2.24) is 20.9 Å². The molecule has 4 atom stereocenters. The van der Waals surface area contributed by atoms with Gasteiger partial charge in [0.25, 0.3) is 0 Å². The Morgan fingerprint density at radius 1 is 0.776 bits per heavy atom. The van der Waals surface area contributed by atoms with Crippen LogP contribution in [0.3, 0.4) is 0 Å². The first-order chi connectivity index (χ1) is 23.3. The number of carboxylic acid groups (broad SMARTS) is 1. The minimum atomic E-state index is -1.40. The second kappa shape index (κ2) is 19.0. The number of nitrogens with two attached hydrogens (primary N) is 3. The maximum Gasteiger partial charge on any atom is 0.323 e. The third-order valence-electron chi connectivity index (χ3n) is 8.85. The minimum absolute atomic E-state index is 0.000286. The van der Waals surface area contributed by atoms with Crippen molar-refractivity contribution >= 4 is 29.6 Å². The van der Waals surface area contributed by atoms with Crippen LogP contribution in [0.4, 0.5) is 0 Å². The van der Waals surface area contributed by atoms with Crippen molar-refractivity contribution in [2.75, 3.05) is 19.6 Å². The molecule has 4 amide bonds. The van der Waals surface area contributed by atoms with E-state index in [-0.39, 0.29) is 57.0 Å². The molecule has 3 rings (SSSR count). The summed E-state index contributed by atoms with van der Waals surface area (Å²) in [4.78, 5) is 67.7.